The van der Waals surface area contributed by atoms with Gasteiger partial charge in [0.2, 0.25) is 0 Å². The van der Waals surface area contributed by atoms with Crippen LogP contribution in [-0.2, 0) is 4.74 Å². The third-order valence-corrected chi connectivity index (χ3v) is 9.59. The number of hydrogen-bond acceptors (Lipinski definition) is 11. The normalized spacial score (nSPS) is 14.4. The Bertz CT molecular complexity index is 2390. The number of furan rings is 2. The van der Waals surface area contributed by atoms with Gasteiger partial charge in [0.15, 0.2) is 0 Å². The Morgan fingerprint density at radius 3 is 1.62 bits per heavy atom. The predicted molar refractivity (Wildman–Crippen MR) is 203 cm³/mol. The summed E-state index contributed by atoms with van der Waals surface area (Å²) in [6.45, 7) is 11.6. The van der Waals surface area contributed by atoms with Gasteiger partial charge in [-0.05, 0) is 104 Å². The molecule has 4 heterocycles. The number of aliphatic hydroxyl groups excluding tert-OH is 1. The van der Waals surface area contributed by atoms with Crippen molar-refractivity contribution in [3.8, 4) is 11.5 Å². The smallest absolute Gasteiger partial charge is 0.336 e. The summed E-state index contributed by atoms with van der Waals surface area (Å²) in [6.07, 6.45) is 7.89. The van der Waals surface area contributed by atoms with Gasteiger partial charge >= 0.3 is 11.3 Å². The molecule has 6 aromatic rings. The maximum absolute atomic E-state index is 11.8. The summed E-state index contributed by atoms with van der Waals surface area (Å²) in [5.41, 5.74) is 0.952. The summed E-state index contributed by atoms with van der Waals surface area (Å²) in [6, 6.07) is 13.1. The molecule has 53 heavy (non-hydrogen) atoms. The average Bonchev–Trinajstić information content (AvgIpc) is 3.77. The molecule has 2 atom stereocenters. The van der Waals surface area contributed by atoms with Crippen molar-refractivity contribution in [2.24, 2.45) is 0 Å². The Labute approximate surface area is 306 Å². The lowest BCUT2D eigenvalue weighted by molar-refractivity contribution is -0.188. The van der Waals surface area contributed by atoms with Crippen LogP contribution in [0.25, 0.3) is 43.9 Å². The van der Waals surface area contributed by atoms with Crippen molar-refractivity contribution in [3.05, 3.63) is 105 Å². The molecule has 0 radical (unpaired) electrons. The first-order valence-corrected chi connectivity index (χ1v) is 17.7. The fourth-order valence-electron chi connectivity index (χ4n) is 6.34. The molecular formula is C42H46O11. The van der Waals surface area contributed by atoms with E-state index >= 15 is 0 Å². The predicted octanol–water partition coefficient (Wildman–Crippen LogP) is 8.60. The van der Waals surface area contributed by atoms with Gasteiger partial charge in [-0.2, -0.15) is 0 Å². The quantitative estimate of drug-likeness (QED) is 0.0728. The van der Waals surface area contributed by atoms with E-state index in [9.17, 15) is 19.8 Å². The molecule has 0 amide bonds. The number of hydrogen-bond donors (Lipinski definition) is 2. The second kappa shape index (κ2) is 15.5. The minimum absolute atomic E-state index is 0.271. The zero-order valence-corrected chi connectivity index (χ0v) is 30.9. The molecular weight excluding hydrogens is 680 g/mol. The SMILES string of the molecule is C/C(=C\COc1c2ccoc2cc2oc(=O)ccc12)CCC(OC(C)(C)C(O)CC/C(C)=C/COc1c2ccoc2cc2oc(=O)ccc12)C(C)(C)O. The topological polar surface area (TPSA) is 155 Å². The number of benzene rings is 2. The van der Waals surface area contributed by atoms with Crippen LogP contribution in [0.2, 0.25) is 0 Å². The van der Waals surface area contributed by atoms with Gasteiger partial charge in [-0.15, -0.1) is 0 Å². The van der Waals surface area contributed by atoms with Gasteiger partial charge in [-0.3, -0.25) is 0 Å². The molecule has 280 valence electrons. The van der Waals surface area contributed by atoms with Crippen LogP contribution in [0, 0.1) is 0 Å². The minimum atomic E-state index is -1.16. The van der Waals surface area contributed by atoms with E-state index in [2.05, 4.69) is 0 Å². The van der Waals surface area contributed by atoms with Crippen LogP contribution < -0.4 is 20.7 Å². The largest absolute Gasteiger partial charge is 0.488 e. The molecule has 0 bridgehead atoms. The van der Waals surface area contributed by atoms with Crippen molar-refractivity contribution in [2.45, 2.75) is 90.6 Å². The molecule has 2 aromatic carbocycles. The van der Waals surface area contributed by atoms with Gasteiger partial charge in [-0.1, -0.05) is 11.1 Å². The highest BCUT2D eigenvalue weighted by Crippen LogP contribution is 2.37. The summed E-state index contributed by atoms with van der Waals surface area (Å²) in [5.74, 6) is 1.14. The fourth-order valence-corrected chi connectivity index (χ4v) is 6.34. The molecule has 2 N–H and O–H groups in total. The molecule has 0 aliphatic rings. The van der Waals surface area contributed by atoms with E-state index < -0.39 is 34.7 Å². The van der Waals surface area contributed by atoms with Gasteiger partial charge in [-0.25, -0.2) is 9.59 Å². The zero-order chi connectivity index (χ0) is 37.9. The summed E-state index contributed by atoms with van der Waals surface area (Å²) in [4.78, 5) is 23.6. The Hall–Kier alpha value is -5.10. The first kappa shape index (κ1) is 37.7. The lowest BCUT2D eigenvalue weighted by atomic mass is 9.91. The number of allylic oxidation sites excluding steroid dienone is 2. The standard InChI is InChI=1S/C42H46O11/c1-25(15-19-49-39-27-9-13-37(44)51-33(27)23-31-29(39)17-21-47-31)7-11-35(43)42(5,6)53-36(41(3,4)46)12-8-26(2)16-20-50-40-28-10-14-38(45)52-34(28)24-32-30(40)18-22-48-32/h9-10,13-18,21-24,35-36,43,46H,7-8,11-12,19-20H2,1-6H3/b25-15+,26-16+. The number of aliphatic hydroxyl groups is 2. The van der Waals surface area contributed by atoms with Crippen molar-refractivity contribution in [1.82, 2.24) is 0 Å². The highest BCUT2D eigenvalue weighted by molar-refractivity contribution is 6.02. The van der Waals surface area contributed by atoms with Crippen molar-refractivity contribution >= 4 is 43.9 Å². The third kappa shape index (κ3) is 8.76. The molecule has 0 aliphatic heterocycles. The summed E-state index contributed by atoms with van der Waals surface area (Å²) in [7, 11) is 0. The molecule has 11 nitrogen and oxygen atoms in total. The molecule has 2 unspecified atom stereocenters. The van der Waals surface area contributed by atoms with Gasteiger partial charge in [0.25, 0.3) is 0 Å². The van der Waals surface area contributed by atoms with Gasteiger partial charge in [0.1, 0.15) is 47.0 Å². The summed E-state index contributed by atoms with van der Waals surface area (Å²) >= 11 is 0. The molecule has 0 saturated carbocycles. The maximum atomic E-state index is 11.8. The van der Waals surface area contributed by atoms with Crippen LogP contribution in [0.4, 0.5) is 0 Å². The van der Waals surface area contributed by atoms with Crippen LogP contribution in [-0.4, -0.2) is 46.8 Å². The molecule has 6 rings (SSSR count). The van der Waals surface area contributed by atoms with E-state index in [4.69, 9.17) is 31.9 Å². The van der Waals surface area contributed by atoms with E-state index in [1.54, 1.807) is 50.6 Å². The molecule has 0 aliphatic carbocycles. The van der Waals surface area contributed by atoms with E-state index in [-0.39, 0.29) is 13.2 Å². The first-order valence-electron chi connectivity index (χ1n) is 17.7. The van der Waals surface area contributed by atoms with Crippen molar-refractivity contribution in [3.63, 3.8) is 0 Å². The van der Waals surface area contributed by atoms with Gasteiger partial charge in [0, 0.05) is 24.3 Å². The van der Waals surface area contributed by atoms with Crippen LogP contribution in [0.15, 0.2) is 112 Å². The van der Waals surface area contributed by atoms with Gasteiger partial charge in [0.05, 0.1) is 57.5 Å². The lowest BCUT2D eigenvalue weighted by Crippen LogP contribution is -2.48. The van der Waals surface area contributed by atoms with Crippen LogP contribution in [0.5, 0.6) is 11.5 Å². The van der Waals surface area contributed by atoms with Crippen LogP contribution in [0.3, 0.4) is 0 Å². The number of fused-ring (bicyclic) bond motifs is 4. The molecule has 0 spiro atoms. The monoisotopic (exact) mass is 726 g/mol. The van der Waals surface area contributed by atoms with Crippen LogP contribution >= 0.6 is 0 Å². The summed E-state index contributed by atoms with van der Waals surface area (Å²) in [5, 5.41) is 25.2. The van der Waals surface area contributed by atoms with Crippen LogP contribution in [0.1, 0.15) is 67.2 Å². The fraction of sp³-hybridized carbons (Fsp3) is 0.381. The number of rotatable bonds is 16. The second-order valence-electron chi connectivity index (χ2n) is 14.6. The zero-order valence-electron chi connectivity index (χ0n) is 30.9. The highest BCUT2D eigenvalue weighted by Gasteiger charge is 2.37. The Morgan fingerprint density at radius 2 is 1.15 bits per heavy atom. The molecule has 0 fully saturated rings. The Kier molecular flexibility index (Phi) is 11.0. The van der Waals surface area contributed by atoms with Crippen molar-refractivity contribution in [2.75, 3.05) is 13.2 Å². The summed E-state index contributed by atoms with van der Waals surface area (Å²) < 4.78 is 40.5. The first-order chi connectivity index (χ1) is 25.2. The Balaban J connectivity index is 1.02. The molecule has 0 saturated heterocycles. The van der Waals surface area contributed by atoms with E-state index in [0.717, 1.165) is 21.9 Å². The highest BCUT2D eigenvalue weighted by atomic mass is 16.5. The molecule has 4 aromatic heterocycles. The maximum Gasteiger partial charge on any atom is 0.336 e. The second-order valence-corrected chi connectivity index (χ2v) is 14.6. The lowest BCUT2D eigenvalue weighted by Gasteiger charge is -2.39. The molecule has 11 heteroatoms. The average molecular weight is 727 g/mol. The number of ether oxygens (including phenoxy) is 3. The minimum Gasteiger partial charge on any atom is -0.488 e. The van der Waals surface area contributed by atoms with E-state index in [0.29, 0.717) is 70.3 Å². The third-order valence-electron chi connectivity index (χ3n) is 9.59. The van der Waals surface area contributed by atoms with Crippen molar-refractivity contribution in [1.29, 1.82) is 0 Å². The van der Waals surface area contributed by atoms with Gasteiger partial charge < -0.3 is 42.1 Å². The van der Waals surface area contributed by atoms with E-state index in [1.807, 2.05) is 52.0 Å². The van der Waals surface area contributed by atoms with E-state index in [1.165, 1.54) is 12.1 Å². The Morgan fingerprint density at radius 1 is 0.698 bits per heavy atom. The van der Waals surface area contributed by atoms with Crippen molar-refractivity contribution < 1.29 is 42.1 Å².